The Morgan fingerprint density at radius 3 is 2.81 bits per heavy atom. The lowest BCUT2D eigenvalue weighted by atomic mass is 10.3. The zero-order chi connectivity index (χ0) is 12.0. The summed E-state index contributed by atoms with van der Waals surface area (Å²) in [6, 6.07) is 0. The zero-order valence-electron chi connectivity index (χ0n) is 8.95. The van der Waals surface area contributed by atoms with E-state index in [1.165, 1.54) is 11.3 Å². The minimum absolute atomic E-state index is 0.0989. The lowest BCUT2D eigenvalue weighted by Gasteiger charge is -2.02. The van der Waals surface area contributed by atoms with Gasteiger partial charge < -0.3 is 16.4 Å². The van der Waals surface area contributed by atoms with Crippen LogP contribution in [0, 0.1) is 0 Å². The second kappa shape index (κ2) is 6.06. The van der Waals surface area contributed by atoms with Gasteiger partial charge in [-0.1, -0.05) is 0 Å². The molecule has 0 radical (unpaired) electrons. The number of thiazole rings is 1. The predicted octanol–water partition coefficient (Wildman–Crippen LogP) is -0.480. The molecule has 0 aliphatic carbocycles. The van der Waals surface area contributed by atoms with Gasteiger partial charge in [0.25, 0.3) is 0 Å². The van der Waals surface area contributed by atoms with Crippen LogP contribution in [0.3, 0.4) is 0 Å². The molecule has 1 aromatic rings. The number of hydrogen-bond acceptors (Lipinski definition) is 5. The number of amides is 2. The Morgan fingerprint density at radius 1 is 1.50 bits per heavy atom. The van der Waals surface area contributed by atoms with E-state index in [4.69, 9.17) is 5.73 Å². The third kappa shape index (κ3) is 4.26. The van der Waals surface area contributed by atoms with Crippen molar-refractivity contribution in [2.75, 3.05) is 19.3 Å². The summed E-state index contributed by atoms with van der Waals surface area (Å²) in [4.78, 5) is 26.2. The van der Waals surface area contributed by atoms with Gasteiger partial charge in [-0.3, -0.25) is 9.59 Å². The van der Waals surface area contributed by atoms with Crippen LogP contribution in [-0.4, -0.2) is 30.4 Å². The molecule has 1 rings (SSSR count). The molecule has 2 amide bonds. The standard InChI is InChI=1S/C9H14N4O2S/c1-11-7(14)2-3-12-8(15)4-6-5-16-9(10)13-6/h5H,2-4H2,1H3,(H2,10,13)(H,11,14)(H,12,15). The molecule has 16 heavy (non-hydrogen) atoms. The number of aromatic nitrogens is 1. The summed E-state index contributed by atoms with van der Waals surface area (Å²) in [6.07, 6.45) is 0.475. The number of nitrogens with one attached hydrogen (secondary N) is 2. The molecule has 0 saturated heterocycles. The van der Waals surface area contributed by atoms with Gasteiger partial charge in [-0.25, -0.2) is 4.98 Å². The summed E-state index contributed by atoms with van der Waals surface area (Å²) in [7, 11) is 1.56. The average molecular weight is 242 g/mol. The third-order valence-corrected chi connectivity index (χ3v) is 2.59. The van der Waals surface area contributed by atoms with Gasteiger partial charge in [-0.05, 0) is 0 Å². The highest BCUT2D eigenvalue weighted by atomic mass is 32.1. The van der Waals surface area contributed by atoms with Crippen LogP contribution in [0.2, 0.25) is 0 Å². The van der Waals surface area contributed by atoms with E-state index < -0.39 is 0 Å². The molecule has 0 bridgehead atoms. The van der Waals surface area contributed by atoms with E-state index in [9.17, 15) is 9.59 Å². The van der Waals surface area contributed by atoms with Crippen LogP contribution in [0.25, 0.3) is 0 Å². The van der Waals surface area contributed by atoms with Crippen molar-refractivity contribution in [2.45, 2.75) is 12.8 Å². The van der Waals surface area contributed by atoms with Gasteiger partial charge in [-0.2, -0.15) is 0 Å². The SMILES string of the molecule is CNC(=O)CCNC(=O)Cc1csc(N)n1. The Kier molecular flexibility index (Phi) is 4.71. The van der Waals surface area contributed by atoms with Crippen LogP contribution >= 0.6 is 11.3 Å². The van der Waals surface area contributed by atoms with Crippen LogP contribution in [-0.2, 0) is 16.0 Å². The summed E-state index contributed by atoms with van der Waals surface area (Å²) in [5, 5.41) is 7.30. The molecule has 0 spiro atoms. The van der Waals surface area contributed by atoms with Crippen LogP contribution in [0.15, 0.2) is 5.38 Å². The van der Waals surface area contributed by atoms with E-state index in [0.29, 0.717) is 17.4 Å². The van der Waals surface area contributed by atoms with E-state index in [0.717, 1.165) is 0 Å². The molecular formula is C9H14N4O2S. The highest BCUT2D eigenvalue weighted by Crippen LogP contribution is 2.10. The number of nitrogens with two attached hydrogens (primary N) is 1. The minimum Gasteiger partial charge on any atom is -0.375 e. The van der Waals surface area contributed by atoms with E-state index in [-0.39, 0.29) is 24.7 Å². The third-order valence-electron chi connectivity index (χ3n) is 1.86. The summed E-state index contributed by atoms with van der Waals surface area (Å²) in [5.41, 5.74) is 6.09. The predicted molar refractivity (Wildman–Crippen MR) is 61.9 cm³/mol. The smallest absolute Gasteiger partial charge is 0.226 e. The van der Waals surface area contributed by atoms with Crippen molar-refractivity contribution in [3.63, 3.8) is 0 Å². The Bertz CT molecular complexity index is 377. The average Bonchev–Trinajstić information content (AvgIpc) is 2.63. The van der Waals surface area contributed by atoms with Crippen molar-refractivity contribution < 1.29 is 9.59 Å². The minimum atomic E-state index is -0.158. The van der Waals surface area contributed by atoms with Crippen molar-refractivity contribution in [1.82, 2.24) is 15.6 Å². The maximum Gasteiger partial charge on any atom is 0.226 e. The Balaban J connectivity index is 2.23. The number of hydrogen-bond donors (Lipinski definition) is 3. The molecule has 7 heteroatoms. The van der Waals surface area contributed by atoms with Crippen LogP contribution in [0.4, 0.5) is 5.13 Å². The Morgan fingerprint density at radius 2 is 2.25 bits per heavy atom. The molecule has 6 nitrogen and oxygen atoms in total. The van der Waals surface area contributed by atoms with Gasteiger partial charge in [0.15, 0.2) is 5.13 Å². The van der Waals surface area contributed by atoms with E-state index in [1.807, 2.05) is 0 Å². The first-order chi connectivity index (χ1) is 7.61. The zero-order valence-corrected chi connectivity index (χ0v) is 9.76. The molecule has 0 aliphatic heterocycles. The van der Waals surface area contributed by atoms with Crippen LogP contribution in [0.1, 0.15) is 12.1 Å². The highest BCUT2D eigenvalue weighted by molar-refractivity contribution is 7.13. The Labute approximate surface area is 97.2 Å². The first kappa shape index (κ1) is 12.4. The van der Waals surface area contributed by atoms with Gasteiger partial charge in [0, 0.05) is 25.4 Å². The van der Waals surface area contributed by atoms with Gasteiger partial charge in [0.1, 0.15) is 0 Å². The molecule has 1 aromatic heterocycles. The lowest BCUT2D eigenvalue weighted by Crippen LogP contribution is -2.30. The molecule has 4 N–H and O–H groups in total. The van der Waals surface area contributed by atoms with Crippen LogP contribution in [0.5, 0.6) is 0 Å². The number of anilines is 1. The fraction of sp³-hybridized carbons (Fsp3) is 0.444. The molecule has 0 aromatic carbocycles. The van der Waals surface area contributed by atoms with Crippen molar-refractivity contribution in [3.05, 3.63) is 11.1 Å². The van der Waals surface area contributed by atoms with E-state index >= 15 is 0 Å². The fourth-order valence-electron chi connectivity index (χ4n) is 1.07. The number of carbonyl (C=O) groups is 2. The van der Waals surface area contributed by atoms with Crippen LogP contribution < -0.4 is 16.4 Å². The summed E-state index contributed by atoms with van der Waals surface area (Å²) < 4.78 is 0. The summed E-state index contributed by atoms with van der Waals surface area (Å²) >= 11 is 1.30. The normalized spacial score (nSPS) is 9.81. The van der Waals surface area contributed by atoms with Gasteiger partial charge in [0.2, 0.25) is 11.8 Å². The molecule has 0 fully saturated rings. The Hall–Kier alpha value is -1.63. The topological polar surface area (TPSA) is 97.1 Å². The molecule has 0 atom stereocenters. The number of nitrogens with zero attached hydrogens (tertiary/aromatic N) is 1. The largest absolute Gasteiger partial charge is 0.375 e. The molecular weight excluding hydrogens is 228 g/mol. The lowest BCUT2D eigenvalue weighted by molar-refractivity contribution is -0.121. The van der Waals surface area contributed by atoms with Crippen molar-refractivity contribution >= 4 is 28.3 Å². The quantitative estimate of drug-likeness (QED) is 0.649. The van der Waals surface area contributed by atoms with Gasteiger partial charge in [0.05, 0.1) is 12.1 Å². The monoisotopic (exact) mass is 242 g/mol. The molecule has 0 saturated carbocycles. The summed E-state index contributed by atoms with van der Waals surface area (Å²) in [5.74, 6) is -0.257. The molecule has 0 aliphatic rings. The van der Waals surface area contributed by atoms with Crippen molar-refractivity contribution in [1.29, 1.82) is 0 Å². The van der Waals surface area contributed by atoms with Crippen molar-refractivity contribution in [3.8, 4) is 0 Å². The molecule has 88 valence electrons. The summed E-state index contributed by atoms with van der Waals surface area (Å²) in [6.45, 7) is 0.331. The number of carbonyl (C=O) groups excluding carboxylic acids is 2. The van der Waals surface area contributed by atoms with Crippen molar-refractivity contribution in [2.24, 2.45) is 0 Å². The second-order valence-corrected chi connectivity index (χ2v) is 4.02. The number of nitrogen functional groups attached to an aromatic ring is 1. The first-order valence-electron chi connectivity index (χ1n) is 4.79. The fourth-order valence-corrected chi connectivity index (χ4v) is 1.63. The van der Waals surface area contributed by atoms with Gasteiger partial charge in [-0.15, -0.1) is 11.3 Å². The number of rotatable bonds is 5. The highest BCUT2D eigenvalue weighted by Gasteiger charge is 2.06. The van der Waals surface area contributed by atoms with E-state index in [2.05, 4.69) is 15.6 Å². The van der Waals surface area contributed by atoms with E-state index in [1.54, 1.807) is 12.4 Å². The molecule has 1 heterocycles. The maximum absolute atomic E-state index is 11.4. The first-order valence-corrected chi connectivity index (χ1v) is 5.67. The maximum atomic E-state index is 11.4. The second-order valence-electron chi connectivity index (χ2n) is 3.13. The van der Waals surface area contributed by atoms with Gasteiger partial charge >= 0.3 is 0 Å². The molecule has 0 unspecified atom stereocenters.